The van der Waals surface area contributed by atoms with Gasteiger partial charge < -0.3 is 5.32 Å². The molecule has 0 bridgehead atoms. The second kappa shape index (κ2) is 8.02. The Morgan fingerprint density at radius 3 is 2.67 bits per heavy atom. The first-order valence-corrected chi connectivity index (χ1v) is 9.02. The predicted octanol–water partition coefficient (Wildman–Crippen LogP) is 5.55. The van der Waals surface area contributed by atoms with Crippen LogP contribution >= 0.6 is 27.7 Å². The monoisotopic (exact) mass is 363 g/mol. The van der Waals surface area contributed by atoms with Gasteiger partial charge in [0.2, 0.25) is 0 Å². The zero-order valence-corrected chi connectivity index (χ0v) is 15.2. The lowest BCUT2D eigenvalue weighted by Gasteiger charge is -2.13. The van der Waals surface area contributed by atoms with Gasteiger partial charge in [-0.3, -0.25) is 0 Å². The molecule has 2 rings (SSSR count). The summed E-state index contributed by atoms with van der Waals surface area (Å²) in [6.45, 7) is 7.42. The first-order chi connectivity index (χ1) is 10.0. The molecule has 0 aromatic heterocycles. The number of rotatable bonds is 6. The molecular weight excluding hydrogens is 342 g/mol. The molecule has 21 heavy (non-hydrogen) atoms. The summed E-state index contributed by atoms with van der Waals surface area (Å²) in [5.41, 5.74) is 4.07. The minimum absolute atomic E-state index is 0.503. The van der Waals surface area contributed by atoms with E-state index in [1.165, 1.54) is 21.6 Å². The normalized spacial score (nSPS) is 11.1. The standard InChI is InChI=1S/C18H22BrNS/c1-13(2)20-11-16-7-8-17(19)10-18(16)21-12-15-6-4-5-14(3)9-15/h4-10,13,20H,11-12H2,1-3H3. The lowest BCUT2D eigenvalue weighted by atomic mass is 10.2. The van der Waals surface area contributed by atoms with Gasteiger partial charge >= 0.3 is 0 Å². The number of thioether (sulfide) groups is 1. The second-order valence-corrected chi connectivity index (χ2v) is 7.50. The number of hydrogen-bond donors (Lipinski definition) is 1. The molecule has 0 spiro atoms. The highest BCUT2D eigenvalue weighted by molar-refractivity contribution is 9.10. The zero-order valence-electron chi connectivity index (χ0n) is 12.8. The van der Waals surface area contributed by atoms with Gasteiger partial charge in [-0.1, -0.05) is 65.7 Å². The van der Waals surface area contributed by atoms with Crippen molar-refractivity contribution >= 4 is 27.7 Å². The first kappa shape index (κ1) is 16.6. The number of aryl methyl sites for hydroxylation is 1. The highest BCUT2D eigenvalue weighted by Gasteiger charge is 2.06. The largest absolute Gasteiger partial charge is 0.310 e. The molecular formula is C18H22BrNS. The van der Waals surface area contributed by atoms with E-state index in [9.17, 15) is 0 Å². The third kappa shape index (κ3) is 5.50. The molecule has 1 N–H and O–H groups in total. The van der Waals surface area contributed by atoms with Gasteiger partial charge in [-0.25, -0.2) is 0 Å². The molecule has 0 heterocycles. The SMILES string of the molecule is Cc1cccc(CSc2cc(Br)ccc2CNC(C)C)c1. The Labute approximate surface area is 140 Å². The number of halogens is 1. The van der Waals surface area contributed by atoms with E-state index in [1.54, 1.807) is 0 Å². The van der Waals surface area contributed by atoms with Crippen molar-refractivity contribution in [3.05, 3.63) is 63.6 Å². The maximum atomic E-state index is 3.58. The van der Waals surface area contributed by atoms with Crippen LogP contribution in [0.1, 0.15) is 30.5 Å². The average Bonchev–Trinajstić information content (AvgIpc) is 2.44. The molecule has 0 atom stereocenters. The van der Waals surface area contributed by atoms with Crippen LogP contribution in [0.4, 0.5) is 0 Å². The molecule has 2 aromatic rings. The summed E-state index contributed by atoms with van der Waals surface area (Å²) < 4.78 is 1.14. The Hall–Kier alpha value is -0.770. The number of benzene rings is 2. The Morgan fingerprint density at radius 1 is 1.14 bits per heavy atom. The van der Waals surface area contributed by atoms with E-state index in [4.69, 9.17) is 0 Å². The quantitative estimate of drug-likeness (QED) is 0.675. The molecule has 0 radical (unpaired) electrons. The summed E-state index contributed by atoms with van der Waals surface area (Å²) in [5, 5.41) is 3.50. The van der Waals surface area contributed by atoms with E-state index < -0.39 is 0 Å². The van der Waals surface area contributed by atoms with E-state index in [-0.39, 0.29) is 0 Å². The van der Waals surface area contributed by atoms with Crippen LogP contribution in [0.25, 0.3) is 0 Å². The van der Waals surface area contributed by atoms with Gasteiger partial charge in [0.15, 0.2) is 0 Å². The summed E-state index contributed by atoms with van der Waals surface area (Å²) in [5.74, 6) is 1.01. The van der Waals surface area contributed by atoms with Gasteiger partial charge in [0.1, 0.15) is 0 Å². The van der Waals surface area contributed by atoms with Crippen molar-refractivity contribution in [3.63, 3.8) is 0 Å². The third-order valence-electron chi connectivity index (χ3n) is 3.21. The van der Waals surface area contributed by atoms with Crippen LogP contribution in [0.3, 0.4) is 0 Å². The fourth-order valence-corrected chi connectivity index (χ4v) is 3.64. The molecule has 0 amide bonds. The van der Waals surface area contributed by atoms with Crippen LogP contribution in [0.5, 0.6) is 0 Å². The molecule has 2 aromatic carbocycles. The number of hydrogen-bond acceptors (Lipinski definition) is 2. The molecule has 3 heteroatoms. The van der Waals surface area contributed by atoms with Crippen molar-refractivity contribution in [2.75, 3.05) is 0 Å². The molecule has 0 saturated carbocycles. The summed E-state index contributed by atoms with van der Waals surface area (Å²) >= 11 is 5.49. The fraction of sp³-hybridized carbons (Fsp3) is 0.333. The first-order valence-electron chi connectivity index (χ1n) is 7.25. The van der Waals surface area contributed by atoms with E-state index in [0.717, 1.165) is 16.8 Å². The van der Waals surface area contributed by atoms with Gasteiger partial charge in [-0.15, -0.1) is 11.8 Å². The van der Waals surface area contributed by atoms with Crippen LogP contribution in [0.15, 0.2) is 51.8 Å². The zero-order chi connectivity index (χ0) is 15.2. The molecule has 0 aliphatic heterocycles. The Balaban J connectivity index is 2.08. The van der Waals surface area contributed by atoms with Crippen molar-refractivity contribution in [2.24, 2.45) is 0 Å². The minimum atomic E-state index is 0.503. The van der Waals surface area contributed by atoms with Crippen molar-refractivity contribution in [1.29, 1.82) is 0 Å². The van der Waals surface area contributed by atoms with Crippen LogP contribution in [-0.2, 0) is 12.3 Å². The van der Waals surface area contributed by atoms with E-state index in [0.29, 0.717) is 6.04 Å². The van der Waals surface area contributed by atoms with Crippen LogP contribution in [-0.4, -0.2) is 6.04 Å². The Morgan fingerprint density at radius 2 is 1.95 bits per heavy atom. The van der Waals surface area contributed by atoms with Crippen molar-refractivity contribution in [2.45, 2.75) is 44.0 Å². The van der Waals surface area contributed by atoms with Crippen LogP contribution in [0, 0.1) is 6.92 Å². The molecule has 0 saturated heterocycles. The number of nitrogens with one attached hydrogen (secondary N) is 1. The Bertz CT molecular complexity index is 596. The van der Waals surface area contributed by atoms with E-state index in [2.05, 4.69) is 84.5 Å². The molecule has 0 aliphatic carbocycles. The maximum absolute atomic E-state index is 3.58. The van der Waals surface area contributed by atoms with Gasteiger partial charge in [0.25, 0.3) is 0 Å². The highest BCUT2D eigenvalue weighted by atomic mass is 79.9. The van der Waals surface area contributed by atoms with Gasteiger partial charge in [-0.05, 0) is 30.2 Å². The van der Waals surface area contributed by atoms with E-state index >= 15 is 0 Å². The molecule has 112 valence electrons. The molecule has 0 aliphatic rings. The molecule has 0 unspecified atom stereocenters. The molecule has 1 nitrogen and oxygen atoms in total. The summed E-state index contributed by atoms with van der Waals surface area (Å²) in [4.78, 5) is 1.35. The average molecular weight is 364 g/mol. The third-order valence-corrected chi connectivity index (χ3v) is 4.87. The fourth-order valence-electron chi connectivity index (χ4n) is 2.09. The summed E-state index contributed by atoms with van der Waals surface area (Å²) in [7, 11) is 0. The summed E-state index contributed by atoms with van der Waals surface area (Å²) in [6.07, 6.45) is 0. The lowest BCUT2D eigenvalue weighted by Crippen LogP contribution is -2.22. The predicted molar refractivity (Wildman–Crippen MR) is 96.9 cm³/mol. The smallest absolute Gasteiger partial charge is 0.0232 e. The lowest BCUT2D eigenvalue weighted by molar-refractivity contribution is 0.584. The minimum Gasteiger partial charge on any atom is -0.310 e. The second-order valence-electron chi connectivity index (χ2n) is 5.57. The molecule has 0 fully saturated rings. The van der Waals surface area contributed by atoms with Crippen LogP contribution in [0.2, 0.25) is 0 Å². The highest BCUT2D eigenvalue weighted by Crippen LogP contribution is 2.29. The van der Waals surface area contributed by atoms with Crippen LogP contribution < -0.4 is 5.32 Å². The topological polar surface area (TPSA) is 12.0 Å². The Kier molecular flexibility index (Phi) is 6.34. The maximum Gasteiger partial charge on any atom is 0.0232 e. The van der Waals surface area contributed by atoms with Gasteiger partial charge in [0, 0.05) is 27.7 Å². The van der Waals surface area contributed by atoms with Gasteiger partial charge in [-0.2, -0.15) is 0 Å². The van der Waals surface area contributed by atoms with Crippen molar-refractivity contribution in [3.8, 4) is 0 Å². The van der Waals surface area contributed by atoms with Crippen molar-refractivity contribution < 1.29 is 0 Å². The van der Waals surface area contributed by atoms with Gasteiger partial charge in [0.05, 0.1) is 0 Å². The van der Waals surface area contributed by atoms with Crippen molar-refractivity contribution in [1.82, 2.24) is 5.32 Å². The van der Waals surface area contributed by atoms with E-state index in [1.807, 2.05) is 11.8 Å². The summed E-state index contributed by atoms with van der Waals surface area (Å²) in [6, 6.07) is 15.8.